The van der Waals surface area contributed by atoms with Gasteiger partial charge in [0.25, 0.3) is 0 Å². The molecule has 3 atom stereocenters. The molecule has 1 saturated carbocycles. The average molecular weight is 352 g/mol. The van der Waals surface area contributed by atoms with Gasteiger partial charge in [0.1, 0.15) is 0 Å². The molecule has 2 N–H and O–H groups in total. The molecule has 4 heteroatoms. The van der Waals surface area contributed by atoms with E-state index in [9.17, 15) is 4.79 Å². The maximum Gasteiger partial charge on any atom is 0.220 e. The molecule has 124 valence electrons. The molecule has 0 spiro atoms. The van der Waals surface area contributed by atoms with E-state index in [0.717, 1.165) is 19.3 Å². The van der Waals surface area contributed by atoms with Crippen LogP contribution in [0.3, 0.4) is 0 Å². The van der Waals surface area contributed by atoms with E-state index in [1.807, 2.05) is 0 Å². The number of hydrogen-bond donors (Lipinski definition) is 1. The average Bonchev–Trinajstić information content (AvgIpc) is 2.50. The molecule has 1 aromatic rings. The van der Waals surface area contributed by atoms with Crippen molar-refractivity contribution in [2.75, 3.05) is 0 Å². The third-order valence-corrected chi connectivity index (χ3v) is 5.51. The molecule has 1 fully saturated rings. The normalized spacial score (nSPS) is 27.7. The fraction of sp³-hybridized carbons (Fsp3) is 0.421. The van der Waals surface area contributed by atoms with Crippen molar-refractivity contribution >= 4 is 36.8 Å². The summed E-state index contributed by atoms with van der Waals surface area (Å²) >= 11 is 0. The molecule has 0 aromatic heterocycles. The molecule has 3 unspecified atom stereocenters. The molecule has 1 amide bonds. The first kappa shape index (κ1) is 18.1. The maximum absolute atomic E-state index is 11.5. The van der Waals surface area contributed by atoms with Gasteiger partial charge in [0.05, 0.1) is 0 Å². The first-order valence-corrected chi connectivity index (χ1v) is 8.00. The number of halogens is 2. The second kappa shape index (κ2) is 7.11. The first-order chi connectivity index (χ1) is 10.2. The van der Waals surface area contributed by atoms with Crippen LogP contribution in [0.5, 0.6) is 0 Å². The lowest BCUT2D eigenvalue weighted by Gasteiger charge is -2.38. The van der Waals surface area contributed by atoms with E-state index in [1.165, 1.54) is 35.1 Å². The molecule has 3 aliphatic carbocycles. The van der Waals surface area contributed by atoms with Crippen molar-refractivity contribution in [1.82, 2.24) is 0 Å². The third-order valence-electron chi connectivity index (χ3n) is 5.51. The number of nitrogens with two attached hydrogens (primary N) is 1. The summed E-state index contributed by atoms with van der Waals surface area (Å²) in [5.41, 5.74) is 11.3. The van der Waals surface area contributed by atoms with Crippen LogP contribution < -0.4 is 5.73 Å². The zero-order chi connectivity index (χ0) is 14.4. The lowest BCUT2D eigenvalue weighted by molar-refractivity contribution is -0.122. The number of carbonyl (C=O) groups excluding carboxylic acids is 1. The number of allylic oxidation sites excluding steroid dienone is 3. The van der Waals surface area contributed by atoms with Gasteiger partial charge in [0.2, 0.25) is 5.91 Å². The lowest BCUT2D eigenvalue weighted by atomic mass is 9.66. The molecular formula is C19H23Cl2NO. The Hall–Kier alpha value is -1.25. The summed E-state index contributed by atoms with van der Waals surface area (Å²) in [5, 5.41) is 0. The first-order valence-electron chi connectivity index (χ1n) is 8.00. The fourth-order valence-electron chi connectivity index (χ4n) is 4.31. The predicted molar refractivity (Wildman–Crippen MR) is 98.8 cm³/mol. The quantitative estimate of drug-likeness (QED) is 0.804. The molecule has 23 heavy (non-hydrogen) atoms. The Kier molecular flexibility index (Phi) is 5.59. The van der Waals surface area contributed by atoms with Gasteiger partial charge >= 0.3 is 0 Å². The summed E-state index contributed by atoms with van der Waals surface area (Å²) < 4.78 is 0. The van der Waals surface area contributed by atoms with Crippen LogP contribution in [0.15, 0.2) is 41.5 Å². The Labute approximate surface area is 150 Å². The van der Waals surface area contributed by atoms with E-state index in [4.69, 9.17) is 5.73 Å². The van der Waals surface area contributed by atoms with E-state index in [1.54, 1.807) is 0 Å². The number of amides is 1. The Morgan fingerprint density at radius 2 is 1.78 bits per heavy atom. The second-order valence-corrected chi connectivity index (χ2v) is 6.78. The maximum atomic E-state index is 11.5. The van der Waals surface area contributed by atoms with Crippen LogP contribution in [0, 0.1) is 17.8 Å². The summed E-state index contributed by atoms with van der Waals surface area (Å²) in [6.45, 7) is 0. The van der Waals surface area contributed by atoms with Crippen LogP contribution in [0.25, 0.3) is 6.08 Å². The van der Waals surface area contributed by atoms with Gasteiger partial charge in [-0.1, -0.05) is 42.0 Å². The molecular weight excluding hydrogens is 329 g/mol. The molecule has 3 aliphatic rings. The van der Waals surface area contributed by atoms with Gasteiger partial charge in [0.15, 0.2) is 0 Å². The number of primary amides is 1. The molecule has 0 aliphatic heterocycles. The van der Waals surface area contributed by atoms with Gasteiger partial charge in [-0.3, -0.25) is 4.79 Å². The van der Waals surface area contributed by atoms with Crippen molar-refractivity contribution in [3.05, 3.63) is 52.6 Å². The van der Waals surface area contributed by atoms with E-state index < -0.39 is 0 Å². The number of rotatable bonds is 1. The monoisotopic (exact) mass is 351 g/mol. The van der Waals surface area contributed by atoms with Crippen molar-refractivity contribution in [2.45, 2.75) is 32.1 Å². The summed E-state index contributed by atoms with van der Waals surface area (Å²) in [5.74, 6) is 1.27. The third kappa shape index (κ3) is 3.34. The number of carbonyl (C=O) groups is 1. The van der Waals surface area contributed by atoms with Crippen LogP contribution in [-0.2, 0) is 11.2 Å². The van der Waals surface area contributed by atoms with Crippen molar-refractivity contribution < 1.29 is 4.79 Å². The molecule has 1 aromatic carbocycles. The van der Waals surface area contributed by atoms with Crippen LogP contribution in [-0.4, -0.2) is 5.91 Å². The molecule has 0 radical (unpaired) electrons. The number of hydrogen-bond acceptors (Lipinski definition) is 1. The zero-order valence-corrected chi connectivity index (χ0v) is 14.7. The SMILES string of the molecule is Cl.Cl.NC(=O)C1CCC2CC3Cc4ccccc4C=C3C=C2C1. The Morgan fingerprint density at radius 1 is 1.00 bits per heavy atom. The summed E-state index contributed by atoms with van der Waals surface area (Å²) in [6, 6.07) is 8.71. The smallest absolute Gasteiger partial charge is 0.220 e. The molecule has 2 nitrogen and oxygen atoms in total. The van der Waals surface area contributed by atoms with E-state index in [0.29, 0.717) is 11.8 Å². The van der Waals surface area contributed by atoms with Gasteiger partial charge in [-0.2, -0.15) is 0 Å². The Morgan fingerprint density at radius 3 is 2.57 bits per heavy atom. The lowest BCUT2D eigenvalue weighted by Crippen LogP contribution is -2.32. The highest BCUT2D eigenvalue weighted by molar-refractivity contribution is 5.85. The minimum absolute atomic E-state index is 0. The van der Waals surface area contributed by atoms with Gasteiger partial charge in [-0.15, -0.1) is 24.8 Å². The molecule has 0 heterocycles. The van der Waals surface area contributed by atoms with Crippen LogP contribution >= 0.6 is 24.8 Å². The summed E-state index contributed by atoms with van der Waals surface area (Å²) in [6.07, 6.45) is 10.1. The highest BCUT2D eigenvalue weighted by atomic mass is 35.5. The van der Waals surface area contributed by atoms with Crippen molar-refractivity contribution in [1.29, 1.82) is 0 Å². The van der Waals surface area contributed by atoms with Crippen LogP contribution in [0.2, 0.25) is 0 Å². The van der Waals surface area contributed by atoms with E-state index in [-0.39, 0.29) is 36.6 Å². The van der Waals surface area contributed by atoms with E-state index >= 15 is 0 Å². The van der Waals surface area contributed by atoms with Crippen molar-refractivity contribution in [3.63, 3.8) is 0 Å². The van der Waals surface area contributed by atoms with Gasteiger partial charge < -0.3 is 5.73 Å². The van der Waals surface area contributed by atoms with Crippen LogP contribution in [0.1, 0.15) is 36.8 Å². The van der Waals surface area contributed by atoms with Gasteiger partial charge in [0, 0.05) is 5.92 Å². The van der Waals surface area contributed by atoms with Crippen molar-refractivity contribution in [2.24, 2.45) is 23.5 Å². The second-order valence-electron chi connectivity index (χ2n) is 6.78. The number of benzene rings is 1. The Bertz CT molecular complexity index is 665. The fourth-order valence-corrected chi connectivity index (χ4v) is 4.31. The summed E-state index contributed by atoms with van der Waals surface area (Å²) in [4.78, 5) is 11.5. The minimum Gasteiger partial charge on any atom is -0.369 e. The molecule has 4 rings (SSSR count). The number of fused-ring (bicyclic) bond motifs is 3. The standard InChI is InChI=1S/C19H21NO.2ClH/c20-19(21)15-6-5-14-9-17-7-12-3-1-2-4-13(12)8-18(17)11-16(14)10-15;;/h1-4,8,11,14-15,17H,5-7,9-10H2,(H2,20,21);2*1H. The predicted octanol–water partition coefficient (Wildman–Crippen LogP) is 4.32. The van der Waals surface area contributed by atoms with E-state index in [2.05, 4.69) is 36.4 Å². The summed E-state index contributed by atoms with van der Waals surface area (Å²) in [7, 11) is 0. The Balaban J connectivity index is 0.000000960. The largest absolute Gasteiger partial charge is 0.369 e. The highest BCUT2D eigenvalue weighted by Gasteiger charge is 2.35. The molecule has 0 saturated heterocycles. The molecule has 0 bridgehead atoms. The minimum atomic E-state index is -0.126. The van der Waals surface area contributed by atoms with Crippen molar-refractivity contribution in [3.8, 4) is 0 Å². The topological polar surface area (TPSA) is 43.1 Å². The zero-order valence-electron chi connectivity index (χ0n) is 13.0. The van der Waals surface area contributed by atoms with Gasteiger partial charge in [-0.25, -0.2) is 0 Å². The highest BCUT2D eigenvalue weighted by Crippen LogP contribution is 2.45. The van der Waals surface area contributed by atoms with Gasteiger partial charge in [-0.05, 0) is 60.6 Å². The van der Waals surface area contributed by atoms with Crippen LogP contribution in [0.4, 0.5) is 0 Å².